The van der Waals surface area contributed by atoms with E-state index in [1.165, 1.54) is 16.7 Å². The monoisotopic (exact) mass is 354 g/mol. The molecule has 1 atom stereocenters. The highest BCUT2D eigenvalue weighted by molar-refractivity contribution is 5.27. The number of benzene rings is 2. The molecule has 3 rings (SSSR count). The van der Waals surface area contributed by atoms with Crippen molar-refractivity contribution in [3.8, 4) is 5.75 Å². The molecule has 0 saturated carbocycles. The number of nitrogens with zero attached hydrogens (tertiary/aromatic N) is 2. The molecule has 1 fully saturated rings. The van der Waals surface area contributed by atoms with Crippen LogP contribution in [0.4, 0.5) is 0 Å². The second-order valence-corrected chi connectivity index (χ2v) is 7.15. The number of methoxy groups -OCH3 is 1. The summed E-state index contributed by atoms with van der Waals surface area (Å²) in [7, 11) is 1.70. The summed E-state index contributed by atoms with van der Waals surface area (Å²) in [5.41, 5.74) is 4.04. The van der Waals surface area contributed by atoms with Gasteiger partial charge in [-0.25, -0.2) is 0 Å². The van der Waals surface area contributed by atoms with Gasteiger partial charge in [0.05, 0.1) is 7.11 Å². The van der Waals surface area contributed by atoms with Gasteiger partial charge >= 0.3 is 0 Å². The highest BCUT2D eigenvalue weighted by Gasteiger charge is 2.26. The lowest BCUT2D eigenvalue weighted by atomic mass is 10.0. The number of aryl methyl sites for hydroxylation is 1. The van der Waals surface area contributed by atoms with E-state index in [1.807, 2.05) is 12.1 Å². The van der Waals surface area contributed by atoms with Crippen LogP contribution >= 0.6 is 0 Å². The third-order valence-corrected chi connectivity index (χ3v) is 5.35. The molecular weight excluding hydrogens is 324 g/mol. The molecule has 1 N–H and O–H groups in total. The predicted octanol–water partition coefficient (Wildman–Crippen LogP) is 3.07. The number of aliphatic hydroxyl groups excluding tert-OH is 1. The van der Waals surface area contributed by atoms with Crippen LogP contribution in [0.15, 0.2) is 48.5 Å². The number of aliphatic hydroxyl groups is 1. The Morgan fingerprint density at radius 2 is 1.81 bits per heavy atom. The van der Waals surface area contributed by atoms with Gasteiger partial charge in [-0.05, 0) is 42.2 Å². The third kappa shape index (κ3) is 4.85. The molecule has 1 unspecified atom stereocenters. The zero-order valence-corrected chi connectivity index (χ0v) is 15.9. The molecular formula is C22H30N2O2. The van der Waals surface area contributed by atoms with Crippen LogP contribution in [0, 0.1) is 6.92 Å². The largest absolute Gasteiger partial charge is 0.497 e. The Morgan fingerprint density at radius 1 is 1.04 bits per heavy atom. The second-order valence-electron chi connectivity index (χ2n) is 7.15. The first kappa shape index (κ1) is 18.9. The van der Waals surface area contributed by atoms with Gasteiger partial charge in [0.2, 0.25) is 0 Å². The molecule has 0 spiro atoms. The molecule has 0 aliphatic carbocycles. The SMILES string of the molecule is COc1ccc(CN2CCN(Cc3ccccc3C)C(CCO)C2)cc1. The minimum atomic E-state index is 0.241. The minimum absolute atomic E-state index is 0.241. The molecule has 0 amide bonds. The summed E-state index contributed by atoms with van der Waals surface area (Å²) in [5, 5.41) is 9.53. The zero-order valence-electron chi connectivity index (χ0n) is 15.9. The number of hydrogen-bond donors (Lipinski definition) is 1. The van der Waals surface area contributed by atoms with Crippen molar-refractivity contribution in [3.05, 3.63) is 65.2 Å². The quantitative estimate of drug-likeness (QED) is 0.829. The molecule has 1 aliphatic heterocycles. The summed E-state index contributed by atoms with van der Waals surface area (Å²) < 4.78 is 5.24. The van der Waals surface area contributed by atoms with Crippen LogP contribution in [0.3, 0.4) is 0 Å². The first-order chi connectivity index (χ1) is 12.7. The second kappa shape index (κ2) is 9.17. The first-order valence-electron chi connectivity index (χ1n) is 9.44. The molecule has 1 aliphatic rings. The smallest absolute Gasteiger partial charge is 0.118 e. The Morgan fingerprint density at radius 3 is 2.50 bits per heavy atom. The Bertz CT molecular complexity index is 687. The minimum Gasteiger partial charge on any atom is -0.497 e. The maximum absolute atomic E-state index is 9.53. The number of hydrogen-bond acceptors (Lipinski definition) is 4. The van der Waals surface area contributed by atoms with Crippen molar-refractivity contribution in [1.29, 1.82) is 0 Å². The number of piperazine rings is 1. The summed E-state index contributed by atoms with van der Waals surface area (Å²) in [6.07, 6.45) is 0.824. The van der Waals surface area contributed by atoms with Crippen molar-refractivity contribution in [3.63, 3.8) is 0 Å². The van der Waals surface area contributed by atoms with Crippen LogP contribution in [0.25, 0.3) is 0 Å². The summed E-state index contributed by atoms with van der Waals surface area (Å²) in [4.78, 5) is 5.03. The van der Waals surface area contributed by atoms with E-state index in [0.717, 1.165) is 44.9 Å². The molecule has 4 nitrogen and oxygen atoms in total. The van der Waals surface area contributed by atoms with Crippen molar-refractivity contribution in [1.82, 2.24) is 9.80 Å². The van der Waals surface area contributed by atoms with Gasteiger partial charge in [0, 0.05) is 45.4 Å². The Balaban J connectivity index is 1.62. The molecule has 1 heterocycles. The third-order valence-electron chi connectivity index (χ3n) is 5.35. The lowest BCUT2D eigenvalue weighted by Crippen LogP contribution is -2.52. The molecule has 140 valence electrons. The van der Waals surface area contributed by atoms with Crippen molar-refractivity contribution >= 4 is 0 Å². The molecule has 0 bridgehead atoms. The van der Waals surface area contributed by atoms with Gasteiger partial charge in [0.25, 0.3) is 0 Å². The van der Waals surface area contributed by atoms with Gasteiger partial charge in [0.1, 0.15) is 5.75 Å². The molecule has 2 aromatic carbocycles. The van der Waals surface area contributed by atoms with E-state index in [2.05, 4.69) is 53.1 Å². The zero-order chi connectivity index (χ0) is 18.4. The van der Waals surface area contributed by atoms with Crippen LogP contribution in [0.5, 0.6) is 5.75 Å². The average Bonchev–Trinajstić information content (AvgIpc) is 2.66. The maximum Gasteiger partial charge on any atom is 0.118 e. The highest BCUT2D eigenvalue weighted by atomic mass is 16.5. The van der Waals surface area contributed by atoms with Crippen molar-refractivity contribution < 1.29 is 9.84 Å². The molecule has 0 aromatic heterocycles. The van der Waals surface area contributed by atoms with Crippen molar-refractivity contribution in [2.45, 2.75) is 32.5 Å². The van der Waals surface area contributed by atoms with Gasteiger partial charge in [-0.2, -0.15) is 0 Å². The van der Waals surface area contributed by atoms with Gasteiger partial charge in [-0.3, -0.25) is 9.80 Å². The standard InChI is InChI=1S/C22H30N2O2/c1-18-5-3-4-6-20(18)16-24-13-12-23(17-21(24)11-14-25)15-19-7-9-22(26-2)10-8-19/h3-10,21,25H,11-17H2,1-2H3. The fourth-order valence-electron chi connectivity index (χ4n) is 3.73. The first-order valence-corrected chi connectivity index (χ1v) is 9.44. The van der Waals surface area contributed by atoms with Crippen molar-refractivity contribution in [2.24, 2.45) is 0 Å². The van der Waals surface area contributed by atoms with E-state index in [-0.39, 0.29) is 6.61 Å². The van der Waals surface area contributed by atoms with E-state index in [9.17, 15) is 5.11 Å². The van der Waals surface area contributed by atoms with Crippen LogP contribution in [-0.2, 0) is 13.1 Å². The van der Waals surface area contributed by atoms with E-state index in [4.69, 9.17) is 4.74 Å². The summed E-state index contributed by atoms with van der Waals surface area (Å²) >= 11 is 0. The van der Waals surface area contributed by atoms with Crippen LogP contribution in [0.2, 0.25) is 0 Å². The van der Waals surface area contributed by atoms with Gasteiger partial charge in [-0.15, -0.1) is 0 Å². The summed E-state index contributed by atoms with van der Waals surface area (Å²) in [5.74, 6) is 0.898. The van der Waals surface area contributed by atoms with E-state index >= 15 is 0 Å². The average molecular weight is 354 g/mol. The van der Waals surface area contributed by atoms with E-state index < -0.39 is 0 Å². The lowest BCUT2D eigenvalue weighted by molar-refractivity contribution is 0.0498. The number of ether oxygens (including phenoxy) is 1. The molecule has 1 saturated heterocycles. The molecule has 4 heteroatoms. The van der Waals surface area contributed by atoms with Crippen molar-refractivity contribution in [2.75, 3.05) is 33.4 Å². The molecule has 26 heavy (non-hydrogen) atoms. The van der Waals surface area contributed by atoms with Gasteiger partial charge < -0.3 is 9.84 Å². The summed E-state index contributed by atoms with van der Waals surface area (Å²) in [6, 6.07) is 17.3. The van der Waals surface area contributed by atoms with E-state index in [0.29, 0.717) is 6.04 Å². The highest BCUT2D eigenvalue weighted by Crippen LogP contribution is 2.20. The van der Waals surface area contributed by atoms with Crippen LogP contribution < -0.4 is 4.74 Å². The molecule has 0 radical (unpaired) electrons. The predicted molar refractivity (Wildman–Crippen MR) is 105 cm³/mol. The van der Waals surface area contributed by atoms with Crippen LogP contribution in [0.1, 0.15) is 23.1 Å². The lowest BCUT2D eigenvalue weighted by Gasteiger charge is -2.41. The van der Waals surface area contributed by atoms with Gasteiger partial charge in [-0.1, -0.05) is 36.4 Å². The van der Waals surface area contributed by atoms with E-state index in [1.54, 1.807) is 7.11 Å². The Kier molecular flexibility index (Phi) is 6.67. The van der Waals surface area contributed by atoms with Crippen LogP contribution in [-0.4, -0.2) is 54.3 Å². The topological polar surface area (TPSA) is 35.9 Å². The number of rotatable bonds is 7. The Labute approximate surface area is 157 Å². The maximum atomic E-state index is 9.53. The fourth-order valence-corrected chi connectivity index (χ4v) is 3.73. The Hall–Kier alpha value is -1.88. The van der Waals surface area contributed by atoms with Gasteiger partial charge in [0.15, 0.2) is 0 Å². The molecule has 2 aromatic rings. The summed E-state index contributed by atoms with van der Waals surface area (Å²) in [6.45, 7) is 7.42. The normalized spacial score (nSPS) is 18.8. The fraction of sp³-hybridized carbons (Fsp3) is 0.455.